The quantitative estimate of drug-likeness (QED) is 0.781. The number of hydrogen-bond donors (Lipinski definition) is 1. The predicted octanol–water partition coefficient (Wildman–Crippen LogP) is 5.20. The van der Waals surface area contributed by atoms with Gasteiger partial charge in [0.15, 0.2) is 0 Å². The summed E-state index contributed by atoms with van der Waals surface area (Å²) in [5, 5.41) is 9.49. The Morgan fingerprint density at radius 1 is 1.11 bits per heavy atom. The van der Waals surface area contributed by atoms with Crippen LogP contribution in [0.3, 0.4) is 0 Å². The maximum atomic E-state index is 13.1. The third-order valence-electron chi connectivity index (χ3n) is 2.56. The first kappa shape index (κ1) is 14.5. The molecule has 100 valence electrons. The highest BCUT2D eigenvalue weighted by atomic mass is 79.9. The third kappa shape index (κ3) is 3.55. The van der Waals surface area contributed by atoms with E-state index < -0.39 is 6.10 Å². The highest BCUT2D eigenvalue weighted by Crippen LogP contribution is 2.33. The monoisotopic (exact) mass is 388 g/mol. The number of hydrogen-bond acceptors (Lipinski definition) is 2. The molecule has 2 aromatic rings. The highest BCUT2D eigenvalue weighted by molar-refractivity contribution is 9.10. The summed E-state index contributed by atoms with van der Waals surface area (Å²) >= 11 is 6.49. The zero-order chi connectivity index (χ0) is 14.0. The molecular weight excluding hydrogens is 379 g/mol. The van der Waals surface area contributed by atoms with Crippen molar-refractivity contribution in [3.63, 3.8) is 0 Å². The first-order valence-corrected chi connectivity index (χ1v) is 7.16. The Morgan fingerprint density at radius 2 is 1.84 bits per heavy atom. The molecular formula is C14H11Br2FO2. The third-order valence-corrected chi connectivity index (χ3v) is 3.78. The zero-order valence-corrected chi connectivity index (χ0v) is 13.2. The van der Waals surface area contributed by atoms with Crippen molar-refractivity contribution in [2.45, 2.75) is 13.0 Å². The largest absolute Gasteiger partial charge is 0.456 e. The Kier molecular flexibility index (Phi) is 4.60. The van der Waals surface area contributed by atoms with Gasteiger partial charge in [-0.25, -0.2) is 4.39 Å². The average Bonchev–Trinajstić information content (AvgIpc) is 2.36. The second-order valence-corrected chi connectivity index (χ2v) is 5.75. The van der Waals surface area contributed by atoms with Crippen molar-refractivity contribution in [1.29, 1.82) is 0 Å². The van der Waals surface area contributed by atoms with Crippen molar-refractivity contribution in [1.82, 2.24) is 0 Å². The van der Waals surface area contributed by atoms with Gasteiger partial charge in [0, 0.05) is 0 Å². The topological polar surface area (TPSA) is 29.5 Å². The summed E-state index contributed by atoms with van der Waals surface area (Å²) in [5.41, 5.74) is 0.791. The second-order valence-electron chi connectivity index (χ2n) is 4.04. The Balaban J connectivity index is 2.25. The van der Waals surface area contributed by atoms with Gasteiger partial charge in [-0.1, -0.05) is 6.07 Å². The fourth-order valence-corrected chi connectivity index (χ4v) is 2.36. The van der Waals surface area contributed by atoms with Crippen molar-refractivity contribution >= 4 is 31.9 Å². The molecule has 2 aromatic carbocycles. The fourth-order valence-electron chi connectivity index (χ4n) is 1.53. The summed E-state index contributed by atoms with van der Waals surface area (Å²) in [4.78, 5) is 0. The van der Waals surface area contributed by atoms with Gasteiger partial charge >= 0.3 is 0 Å². The summed E-state index contributed by atoms with van der Waals surface area (Å²) in [6.45, 7) is 1.69. The Morgan fingerprint density at radius 3 is 2.42 bits per heavy atom. The van der Waals surface area contributed by atoms with Gasteiger partial charge in [0.05, 0.1) is 15.0 Å². The summed E-state index contributed by atoms with van der Waals surface area (Å²) in [6, 6.07) is 9.77. The summed E-state index contributed by atoms with van der Waals surface area (Å²) in [7, 11) is 0. The fraction of sp³-hybridized carbons (Fsp3) is 0.143. The summed E-state index contributed by atoms with van der Waals surface area (Å²) in [6.07, 6.45) is -0.537. The van der Waals surface area contributed by atoms with Gasteiger partial charge in [0.25, 0.3) is 0 Å². The first-order valence-electron chi connectivity index (χ1n) is 5.58. The minimum Gasteiger partial charge on any atom is -0.456 e. The van der Waals surface area contributed by atoms with Gasteiger partial charge in [-0.2, -0.15) is 0 Å². The SMILES string of the molecule is CC(O)c1ccc(Oc2ccc(F)c(Br)c2)c(Br)c1. The van der Waals surface area contributed by atoms with E-state index in [1.165, 1.54) is 6.07 Å². The van der Waals surface area contributed by atoms with Gasteiger partial charge in [-0.3, -0.25) is 0 Å². The molecule has 0 aliphatic carbocycles. The van der Waals surface area contributed by atoms with Crippen molar-refractivity contribution in [3.8, 4) is 11.5 Å². The van der Waals surface area contributed by atoms with Crippen molar-refractivity contribution in [2.24, 2.45) is 0 Å². The van der Waals surface area contributed by atoms with Crippen LogP contribution in [-0.4, -0.2) is 5.11 Å². The molecule has 0 fully saturated rings. The van der Waals surface area contributed by atoms with E-state index in [0.29, 0.717) is 16.0 Å². The molecule has 0 radical (unpaired) electrons. The molecule has 2 nitrogen and oxygen atoms in total. The average molecular weight is 390 g/mol. The van der Waals surface area contributed by atoms with Crippen LogP contribution >= 0.6 is 31.9 Å². The zero-order valence-electron chi connectivity index (χ0n) is 10.0. The van der Waals surface area contributed by atoms with Crippen molar-refractivity contribution in [2.75, 3.05) is 0 Å². The van der Waals surface area contributed by atoms with E-state index in [1.807, 2.05) is 0 Å². The number of aliphatic hydroxyl groups is 1. The lowest BCUT2D eigenvalue weighted by Gasteiger charge is -2.11. The second kappa shape index (κ2) is 6.03. The van der Waals surface area contributed by atoms with Crippen LogP contribution in [0.5, 0.6) is 11.5 Å². The van der Waals surface area contributed by atoms with Crippen LogP contribution in [0.15, 0.2) is 45.3 Å². The molecule has 2 rings (SSSR count). The van der Waals surface area contributed by atoms with E-state index in [0.717, 1.165) is 10.0 Å². The molecule has 1 unspecified atom stereocenters. The molecule has 0 aliphatic heterocycles. The molecule has 5 heteroatoms. The van der Waals surface area contributed by atoms with Crippen LogP contribution in [0.1, 0.15) is 18.6 Å². The normalized spacial score (nSPS) is 12.3. The maximum Gasteiger partial charge on any atom is 0.141 e. The van der Waals surface area contributed by atoms with E-state index in [-0.39, 0.29) is 5.82 Å². The van der Waals surface area contributed by atoms with Crippen molar-refractivity contribution < 1.29 is 14.2 Å². The van der Waals surface area contributed by atoms with E-state index in [4.69, 9.17) is 4.74 Å². The summed E-state index contributed by atoms with van der Waals surface area (Å²) < 4.78 is 19.9. The standard InChI is InChI=1S/C14H11Br2FO2/c1-8(18)9-2-5-14(12(16)6-9)19-10-3-4-13(17)11(15)7-10/h2-8,18H,1H3. The number of rotatable bonds is 3. The number of aliphatic hydroxyl groups excluding tert-OH is 1. The number of halogens is 3. The molecule has 0 saturated carbocycles. The molecule has 0 saturated heterocycles. The molecule has 0 heterocycles. The molecule has 1 N–H and O–H groups in total. The molecule has 0 amide bonds. The Bertz CT molecular complexity index is 600. The van der Waals surface area contributed by atoms with Gasteiger partial charge < -0.3 is 9.84 Å². The van der Waals surface area contributed by atoms with Crippen LogP contribution in [0.25, 0.3) is 0 Å². The van der Waals surface area contributed by atoms with Gasteiger partial charge in [-0.15, -0.1) is 0 Å². The molecule has 0 aliphatic rings. The van der Waals surface area contributed by atoms with Gasteiger partial charge in [-0.05, 0) is 74.7 Å². The highest BCUT2D eigenvalue weighted by Gasteiger charge is 2.08. The Labute approximate surface area is 127 Å². The maximum absolute atomic E-state index is 13.1. The van der Waals surface area contributed by atoms with Gasteiger partial charge in [0.1, 0.15) is 17.3 Å². The van der Waals surface area contributed by atoms with E-state index in [2.05, 4.69) is 31.9 Å². The molecule has 0 bridgehead atoms. The van der Waals surface area contributed by atoms with Crippen LogP contribution in [-0.2, 0) is 0 Å². The smallest absolute Gasteiger partial charge is 0.141 e. The lowest BCUT2D eigenvalue weighted by Crippen LogP contribution is -1.92. The minimum absolute atomic E-state index is 0.337. The molecule has 0 aromatic heterocycles. The van der Waals surface area contributed by atoms with Gasteiger partial charge in [0.2, 0.25) is 0 Å². The number of benzene rings is 2. The van der Waals surface area contributed by atoms with E-state index in [9.17, 15) is 9.50 Å². The lowest BCUT2D eigenvalue weighted by molar-refractivity contribution is 0.199. The van der Waals surface area contributed by atoms with E-state index >= 15 is 0 Å². The Hall–Kier alpha value is -0.910. The predicted molar refractivity (Wildman–Crippen MR) is 78.9 cm³/mol. The van der Waals surface area contributed by atoms with E-state index in [1.54, 1.807) is 37.3 Å². The van der Waals surface area contributed by atoms with Crippen LogP contribution in [0.4, 0.5) is 4.39 Å². The summed E-state index contributed by atoms with van der Waals surface area (Å²) in [5.74, 6) is 0.789. The lowest BCUT2D eigenvalue weighted by atomic mass is 10.1. The van der Waals surface area contributed by atoms with Crippen molar-refractivity contribution in [3.05, 3.63) is 56.7 Å². The van der Waals surface area contributed by atoms with Crippen LogP contribution in [0.2, 0.25) is 0 Å². The van der Waals surface area contributed by atoms with Crippen LogP contribution in [0, 0.1) is 5.82 Å². The molecule has 19 heavy (non-hydrogen) atoms. The van der Waals surface area contributed by atoms with Crippen LogP contribution < -0.4 is 4.74 Å². The first-order chi connectivity index (χ1) is 8.97. The minimum atomic E-state index is -0.537. The molecule has 0 spiro atoms. The number of ether oxygens (including phenoxy) is 1. The molecule has 1 atom stereocenters.